The molecule has 1 unspecified atom stereocenters. The van der Waals surface area contributed by atoms with Gasteiger partial charge in [-0.1, -0.05) is 12.8 Å². The second-order valence-electron chi connectivity index (χ2n) is 3.92. The number of aliphatic imine (C=N–C) groups is 1. The van der Waals surface area contributed by atoms with Gasteiger partial charge in [0.05, 0.1) is 6.04 Å². The van der Waals surface area contributed by atoms with Crippen molar-refractivity contribution in [1.82, 2.24) is 4.90 Å². The predicted octanol–water partition coefficient (Wildman–Crippen LogP) is 0.968. The first-order chi connectivity index (χ1) is 6.20. The summed E-state index contributed by atoms with van der Waals surface area (Å²) < 4.78 is 0. The molecule has 1 saturated carbocycles. The minimum atomic E-state index is -0.186. The Morgan fingerprint density at radius 1 is 1.46 bits per heavy atom. The number of hydrogen-bond donors (Lipinski definition) is 1. The number of rotatable bonds is 1. The highest BCUT2D eigenvalue weighted by Crippen LogP contribution is 2.31. The fourth-order valence-corrected chi connectivity index (χ4v) is 2.40. The maximum Gasteiger partial charge on any atom is 0.345 e. The quantitative estimate of drug-likeness (QED) is 0.655. The van der Waals surface area contributed by atoms with Gasteiger partial charge in [-0.25, -0.2) is 4.79 Å². The molecule has 0 spiro atoms. The maximum atomic E-state index is 11.2. The van der Waals surface area contributed by atoms with E-state index in [-0.39, 0.29) is 12.1 Å². The summed E-state index contributed by atoms with van der Waals surface area (Å²) in [6.45, 7) is 0. The number of nitrogens with two attached hydrogens (primary N) is 1. The Morgan fingerprint density at radius 2 is 2.08 bits per heavy atom. The van der Waals surface area contributed by atoms with Gasteiger partial charge in [-0.2, -0.15) is 4.99 Å². The molecule has 1 aliphatic carbocycles. The first-order valence-electron chi connectivity index (χ1n) is 4.81. The Bertz CT molecular complexity index is 256. The van der Waals surface area contributed by atoms with Crippen molar-refractivity contribution < 1.29 is 4.79 Å². The van der Waals surface area contributed by atoms with E-state index in [1.165, 1.54) is 25.7 Å². The van der Waals surface area contributed by atoms with Crippen LogP contribution >= 0.6 is 0 Å². The monoisotopic (exact) mass is 181 g/mol. The molecule has 2 amide bonds. The summed E-state index contributed by atoms with van der Waals surface area (Å²) in [6.07, 6.45) is 4.88. The molecule has 0 aromatic rings. The average molecular weight is 181 g/mol. The number of carbonyl (C=O) groups excluding carboxylic acids is 1. The number of amidine groups is 1. The smallest absolute Gasteiger partial charge is 0.345 e. The summed E-state index contributed by atoms with van der Waals surface area (Å²) in [5.41, 5.74) is 5.73. The highest BCUT2D eigenvalue weighted by Gasteiger charge is 2.37. The van der Waals surface area contributed by atoms with E-state index < -0.39 is 0 Å². The third-order valence-corrected chi connectivity index (χ3v) is 3.09. The minimum absolute atomic E-state index is 0.0787. The van der Waals surface area contributed by atoms with Crippen LogP contribution in [0.2, 0.25) is 0 Å². The highest BCUT2D eigenvalue weighted by atomic mass is 16.2. The van der Waals surface area contributed by atoms with E-state index in [4.69, 9.17) is 5.73 Å². The van der Waals surface area contributed by atoms with Crippen LogP contribution < -0.4 is 5.73 Å². The molecule has 4 nitrogen and oxygen atoms in total. The largest absolute Gasteiger partial charge is 0.385 e. The van der Waals surface area contributed by atoms with Crippen molar-refractivity contribution in [3.63, 3.8) is 0 Å². The minimum Gasteiger partial charge on any atom is -0.385 e. The lowest BCUT2D eigenvalue weighted by Gasteiger charge is -2.25. The van der Waals surface area contributed by atoms with Crippen LogP contribution in [0.15, 0.2) is 4.99 Å². The van der Waals surface area contributed by atoms with Crippen molar-refractivity contribution in [1.29, 1.82) is 0 Å². The third kappa shape index (κ3) is 1.30. The molecule has 1 fully saturated rings. The lowest BCUT2D eigenvalue weighted by molar-refractivity contribution is 0.206. The zero-order valence-electron chi connectivity index (χ0n) is 7.86. The SMILES string of the molecule is CN1C(=O)N=C(N)C1C1CCCC1. The summed E-state index contributed by atoms with van der Waals surface area (Å²) in [5.74, 6) is 1.06. The number of hydrogen-bond acceptors (Lipinski definition) is 2. The number of carbonyl (C=O) groups is 1. The average Bonchev–Trinajstić information content (AvgIpc) is 2.63. The molecule has 2 rings (SSSR count). The molecule has 0 bridgehead atoms. The molecule has 4 heteroatoms. The van der Waals surface area contributed by atoms with E-state index in [0.717, 1.165) is 0 Å². The number of likely N-dealkylation sites (N-methyl/N-ethyl adjacent to an activating group) is 1. The molecule has 0 aromatic carbocycles. The first kappa shape index (κ1) is 8.53. The summed E-state index contributed by atoms with van der Waals surface area (Å²) >= 11 is 0. The molecule has 0 radical (unpaired) electrons. The van der Waals surface area contributed by atoms with Gasteiger partial charge in [-0.05, 0) is 18.8 Å². The zero-order valence-corrected chi connectivity index (χ0v) is 7.86. The lowest BCUT2D eigenvalue weighted by atomic mass is 9.97. The summed E-state index contributed by atoms with van der Waals surface area (Å²) in [5, 5.41) is 0. The van der Waals surface area contributed by atoms with E-state index in [0.29, 0.717) is 11.8 Å². The molecule has 0 saturated heterocycles. The van der Waals surface area contributed by atoms with Gasteiger partial charge in [0.25, 0.3) is 0 Å². The maximum absolute atomic E-state index is 11.2. The normalized spacial score (nSPS) is 29.9. The summed E-state index contributed by atoms with van der Waals surface area (Å²) in [4.78, 5) is 16.7. The van der Waals surface area contributed by atoms with Gasteiger partial charge in [-0.15, -0.1) is 0 Å². The van der Waals surface area contributed by atoms with Crippen LogP contribution in [-0.4, -0.2) is 29.9 Å². The van der Waals surface area contributed by atoms with Gasteiger partial charge in [0.15, 0.2) is 0 Å². The van der Waals surface area contributed by atoms with Crippen LogP contribution in [0, 0.1) is 5.92 Å². The summed E-state index contributed by atoms with van der Waals surface area (Å²) in [6, 6.07) is -0.107. The Morgan fingerprint density at radius 3 is 2.54 bits per heavy atom. The lowest BCUT2D eigenvalue weighted by Crippen LogP contribution is -2.42. The van der Waals surface area contributed by atoms with Crippen molar-refractivity contribution in [3.8, 4) is 0 Å². The van der Waals surface area contributed by atoms with Crippen LogP contribution in [-0.2, 0) is 0 Å². The van der Waals surface area contributed by atoms with Crippen molar-refractivity contribution >= 4 is 11.9 Å². The third-order valence-electron chi connectivity index (χ3n) is 3.09. The number of urea groups is 1. The number of amides is 2. The van der Waals surface area contributed by atoms with E-state index in [1.54, 1.807) is 11.9 Å². The van der Waals surface area contributed by atoms with Crippen molar-refractivity contribution in [2.75, 3.05) is 7.05 Å². The van der Waals surface area contributed by atoms with E-state index in [2.05, 4.69) is 4.99 Å². The molecule has 2 aliphatic rings. The Labute approximate surface area is 77.8 Å². The molecule has 72 valence electrons. The Balaban J connectivity index is 2.14. The van der Waals surface area contributed by atoms with Crippen LogP contribution in [0.4, 0.5) is 4.79 Å². The van der Waals surface area contributed by atoms with Crippen LogP contribution in [0.3, 0.4) is 0 Å². The van der Waals surface area contributed by atoms with Crippen LogP contribution in [0.1, 0.15) is 25.7 Å². The second-order valence-corrected chi connectivity index (χ2v) is 3.92. The Hall–Kier alpha value is -1.06. The topological polar surface area (TPSA) is 58.7 Å². The first-order valence-corrected chi connectivity index (χ1v) is 4.81. The van der Waals surface area contributed by atoms with Crippen molar-refractivity contribution in [2.24, 2.45) is 16.6 Å². The van der Waals surface area contributed by atoms with E-state index in [9.17, 15) is 4.79 Å². The molecule has 1 heterocycles. The van der Waals surface area contributed by atoms with Crippen molar-refractivity contribution in [2.45, 2.75) is 31.7 Å². The molecule has 2 N–H and O–H groups in total. The summed E-state index contributed by atoms with van der Waals surface area (Å²) in [7, 11) is 1.79. The van der Waals surface area contributed by atoms with Crippen molar-refractivity contribution in [3.05, 3.63) is 0 Å². The molecule has 1 aliphatic heterocycles. The molecule has 1 atom stereocenters. The standard InChI is InChI=1S/C9H15N3O/c1-12-7(6-4-2-3-5-6)8(10)11-9(12)13/h6-7H,2-5H2,1H3,(H2,10,11,13). The van der Waals surface area contributed by atoms with E-state index >= 15 is 0 Å². The molecular formula is C9H15N3O. The van der Waals surface area contributed by atoms with Gasteiger partial charge in [0, 0.05) is 7.05 Å². The fraction of sp³-hybridized carbons (Fsp3) is 0.778. The number of nitrogens with zero attached hydrogens (tertiary/aromatic N) is 2. The van der Waals surface area contributed by atoms with Gasteiger partial charge in [-0.3, -0.25) is 0 Å². The molecule has 0 aromatic heterocycles. The zero-order chi connectivity index (χ0) is 9.42. The fourth-order valence-electron chi connectivity index (χ4n) is 2.40. The van der Waals surface area contributed by atoms with Crippen LogP contribution in [0.5, 0.6) is 0 Å². The van der Waals surface area contributed by atoms with Gasteiger partial charge in [0.1, 0.15) is 5.84 Å². The predicted molar refractivity (Wildman–Crippen MR) is 50.5 cm³/mol. The Kier molecular flexibility index (Phi) is 1.98. The van der Waals surface area contributed by atoms with E-state index in [1.807, 2.05) is 0 Å². The van der Waals surface area contributed by atoms with Gasteiger partial charge >= 0.3 is 6.03 Å². The van der Waals surface area contributed by atoms with Gasteiger partial charge in [0.2, 0.25) is 0 Å². The van der Waals surface area contributed by atoms with Gasteiger partial charge < -0.3 is 10.6 Å². The van der Waals surface area contributed by atoms with Crippen LogP contribution in [0.25, 0.3) is 0 Å². The highest BCUT2D eigenvalue weighted by molar-refractivity contribution is 6.02. The molecule has 13 heavy (non-hydrogen) atoms. The second kappa shape index (κ2) is 3.01. The molecular weight excluding hydrogens is 166 g/mol.